The normalized spacial score (nSPS) is 21.1. The van der Waals surface area contributed by atoms with Gasteiger partial charge in [-0.3, -0.25) is 4.79 Å². The zero-order valence-corrected chi connectivity index (χ0v) is 17.2. The molecule has 3 rings (SSSR count). The number of benzene rings is 2. The Labute approximate surface area is 165 Å². The Balaban J connectivity index is 1.93. The number of hydrogen-bond acceptors (Lipinski definition) is 1. The largest absolute Gasteiger partial charge is 0.327 e. The highest BCUT2D eigenvalue weighted by atomic mass is 79.9. The average Bonchev–Trinajstić information content (AvgIpc) is 2.62. The maximum atomic E-state index is 13.0. The van der Waals surface area contributed by atoms with E-state index in [9.17, 15) is 4.79 Å². The molecule has 1 aliphatic heterocycles. The van der Waals surface area contributed by atoms with Gasteiger partial charge in [-0.25, -0.2) is 0 Å². The van der Waals surface area contributed by atoms with Crippen LogP contribution in [0.15, 0.2) is 68.6 Å². The summed E-state index contributed by atoms with van der Waals surface area (Å²) in [6.07, 6.45) is 4.05. The maximum Gasteiger partial charge on any atom is 0.196 e. The summed E-state index contributed by atoms with van der Waals surface area (Å²) in [5.41, 5.74) is 3.89. The number of piperidine rings is 1. The number of likely N-dealkylation sites (N-methyl/N-ethyl adjacent to an activating group) is 1. The van der Waals surface area contributed by atoms with E-state index in [0.717, 1.165) is 50.9 Å². The fourth-order valence-corrected chi connectivity index (χ4v) is 3.50. The summed E-state index contributed by atoms with van der Waals surface area (Å²) in [6, 6.07) is 16.1. The molecule has 0 aliphatic carbocycles. The van der Waals surface area contributed by atoms with Gasteiger partial charge in [-0.1, -0.05) is 56.1 Å². The molecule has 2 aromatic rings. The Morgan fingerprint density at radius 1 is 0.840 bits per heavy atom. The molecular weight excluding hydrogens is 442 g/mol. The van der Waals surface area contributed by atoms with Crippen LogP contribution in [0.2, 0.25) is 0 Å². The minimum Gasteiger partial charge on any atom is -0.327 e. The molecule has 128 valence electrons. The molecule has 1 heterocycles. The number of nitrogens with one attached hydrogen (secondary N) is 1. The quantitative estimate of drug-likeness (QED) is 0.680. The summed E-state index contributed by atoms with van der Waals surface area (Å²) in [4.78, 5) is 14.4. The first kappa shape index (κ1) is 18.3. The fraction of sp³-hybridized carbons (Fsp3) is 0.190. The Bertz CT molecular complexity index is 752. The molecule has 0 spiro atoms. The first-order chi connectivity index (χ1) is 12.0. The molecule has 0 bridgehead atoms. The van der Waals surface area contributed by atoms with Gasteiger partial charge in [0.2, 0.25) is 0 Å². The Hall–Kier alpha value is -1.49. The predicted molar refractivity (Wildman–Crippen MR) is 110 cm³/mol. The summed E-state index contributed by atoms with van der Waals surface area (Å²) < 4.78 is 2.09. The number of quaternary nitrogens is 1. The standard InChI is InChI=1S/C21H19Br2NO/c1-2-24-13-17(11-15-3-7-19(22)8-4-15)21(25)18(14-24)12-16-5-9-20(23)10-6-16/h3-12H,2,13-14H2,1H3/p+1/b17-11+,18-12+. The van der Waals surface area contributed by atoms with Crippen molar-refractivity contribution in [3.8, 4) is 0 Å². The predicted octanol–water partition coefficient (Wildman–Crippen LogP) is 4.17. The molecule has 0 saturated carbocycles. The minimum absolute atomic E-state index is 0.169. The molecule has 0 unspecified atom stereocenters. The van der Waals surface area contributed by atoms with Gasteiger partial charge in [-0.05, 0) is 54.5 Å². The van der Waals surface area contributed by atoms with Crippen molar-refractivity contribution in [3.05, 3.63) is 79.7 Å². The summed E-state index contributed by atoms with van der Waals surface area (Å²) in [5.74, 6) is 0.169. The lowest BCUT2D eigenvalue weighted by Crippen LogP contribution is -3.13. The van der Waals surface area contributed by atoms with Gasteiger partial charge in [0, 0.05) is 8.95 Å². The SMILES string of the molecule is CC[NH+]1C/C(=C\c2ccc(Br)cc2)C(=O)/C(=C/c2ccc(Br)cc2)C1. The van der Waals surface area contributed by atoms with Crippen LogP contribution >= 0.6 is 31.9 Å². The summed E-state index contributed by atoms with van der Waals surface area (Å²) in [7, 11) is 0. The first-order valence-corrected chi connectivity index (χ1v) is 9.94. The van der Waals surface area contributed by atoms with E-state index in [0.29, 0.717) is 0 Å². The molecule has 25 heavy (non-hydrogen) atoms. The van der Waals surface area contributed by atoms with Gasteiger partial charge in [0.05, 0.1) is 17.7 Å². The van der Waals surface area contributed by atoms with Crippen LogP contribution in [0.3, 0.4) is 0 Å². The highest BCUT2D eigenvalue weighted by Gasteiger charge is 2.28. The molecule has 2 aromatic carbocycles. The van der Waals surface area contributed by atoms with Gasteiger partial charge < -0.3 is 4.90 Å². The topological polar surface area (TPSA) is 21.5 Å². The number of Topliss-reactive ketones (excluding diaryl/α,β-unsaturated/α-hetero) is 1. The number of halogens is 2. The number of carbonyl (C=O) groups is 1. The fourth-order valence-electron chi connectivity index (χ4n) is 2.97. The molecule has 1 N–H and O–H groups in total. The van der Waals surface area contributed by atoms with Crippen LogP contribution in [0, 0.1) is 0 Å². The van der Waals surface area contributed by atoms with Crippen molar-refractivity contribution in [2.24, 2.45) is 0 Å². The molecule has 0 atom stereocenters. The van der Waals surface area contributed by atoms with Crippen LogP contribution < -0.4 is 4.90 Å². The van der Waals surface area contributed by atoms with Crippen molar-refractivity contribution >= 4 is 49.8 Å². The molecular formula is C21H20Br2NO+. The lowest BCUT2D eigenvalue weighted by atomic mass is 9.94. The van der Waals surface area contributed by atoms with Crippen molar-refractivity contribution < 1.29 is 9.69 Å². The molecule has 1 saturated heterocycles. The summed E-state index contributed by atoms with van der Waals surface area (Å²) >= 11 is 6.90. The van der Waals surface area contributed by atoms with E-state index in [2.05, 4.69) is 38.8 Å². The Morgan fingerprint density at radius 2 is 1.24 bits per heavy atom. The van der Waals surface area contributed by atoms with Gasteiger partial charge >= 0.3 is 0 Å². The van der Waals surface area contributed by atoms with Crippen LogP contribution in [-0.4, -0.2) is 25.4 Å². The maximum absolute atomic E-state index is 13.0. The van der Waals surface area contributed by atoms with E-state index in [-0.39, 0.29) is 5.78 Å². The van der Waals surface area contributed by atoms with E-state index < -0.39 is 0 Å². The van der Waals surface area contributed by atoms with Crippen molar-refractivity contribution in [3.63, 3.8) is 0 Å². The highest BCUT2D eigenvalue weighted by Crippen LogP contribution is 2.19. The monoisotopic (exact) mass is 460 g/mol. The van der Waals surface area contributed by atoms with Crippen molar-refractivity contribution in [2.75, 3.05) is 19.6 Å². The second kappa shape index (κ2) is 8.26. The lowest BCUT2D eigenvalue weighted by molar-refractivity contribution is -0.889. The third-order valence-corrected chi connectivity index (χ3v) is 5.44. The number of carbonyl (C=O) groups excluding carboxylic acids is 1. The second-order valence-corrected chi connectivity index (χ2v) is 8.06. The third kappa shape index (κ3) is 4.78. The Kier molecular flexibility index (Phi) is 6.05. The van der Waals surface area contributed by atoms with Crippen molar-refractivity contribution in [1.82, 2.24) is 0 Å². The van der Waals surface area contributed by atoms with Gasteiger partial charge in [0.25, 0.3) is 0 Å². The zero-order valence-electron chi connectivity index (χ0n) is 14.1. The smallest absolute Gasteiger partial charge is 0.196 e. The van der Waals surface area contributed by atoms with Crippen LogP contribution in [0.25, 0.3) is 12.2 Å². The lowest BCUT2D eigenvalue weighted by Gasteiger charge is -2.25. The molecule has 1 aliphatic rings. The molecule has 2 nitrogen and oxygen atoms in total. The third-order valence-electron chi connectivity index (χ3n) is 4.39. The van der Waals surface area contributed by atoms with Crippen molar-refractivity contribution in [1.29, 1.82) is 0 Å². The number of hydrogen-bond donors (Lipinski definition) is 1. The van der Waals surface area contributed by atoms with E-state index in [1.165, 1.54) is 4.90 Å². The minimum atomic E-state index is 0.169. The number of likely N-dealkylation sites (tertiary alicyclic amines) is 1. The molecule has 1 fully saturated rings. The van der Waals surface area contributed by atoms with Crippen molar-refractivity contribution in [2.45, 2.75) is 6.92 Å². The second-order valence-electron chi connectivity index (χ2n) is 6.23. The van der Waals surface area contributed by atoms with Crippen LogP contribution in [-0.2, 0) is 4.79 Å². The molecule has 0 radical (unpaired) electrons. The van der Waals surface area contributed by atoms with E-state index in [1.54, 1.807) is 0 Å². The Morgan fingerprint density at radius 3 is 1.60 bits per heavy atom. The van der Waals surface area contributed by atoms with Crippen LogP contribution in [0.1, 0.15) is 18.1 Å². The highest BCUT2D eigenvalue weighted by molar-refractivity contribution is 9.10. The molecule has 0 amide bonds. The first-order valence-electron chi connectivity index (χ1n) is 8.35. The van der Waals surface area contributed by atoms with E-state index in [4.69, 9.17) is 0 Å². The number of rotatable bonds is 3. The van der Waals surface area contributed by atoms with Crippen LogP contribution in [0.5, 0.6) is 0 Å². The molecule has 4 heteroatoms. The van der Waals surface area contributed by atoms with Gasteiger partial charge in [0.1, 0.15) is 13.1 Å². The van der Waals surface area contributed by atoms with E-state index in [1.807, 2.05) is 60.7 Å². The molecule has 0 aromatic heterocycles. The van der Waals surface area contributed by atoms with Gasteiger partial charge in [0.15, 0.2) is 5.78 Å². The van der Waals surface area contributed by atoms with Gasteiger partial charge in [-0.15, -0.1) is 0 Å². The van der Waals surface area contributed by atoms with E-state index >= 15 is 0 Å². The zero-order chi connectivity index (χ0) is 17.8. The summed E-state index contributed by atoms with van der Waals surface area (Å²) in [5, 5.41) is 0. The van der Waals surface area contributed by atoms with Gasteiger partial charge in [-0.2, -0.15) is 0 Å². The number of ketones is 1. The van der Waals surface area contributed by atoms with Crippen LogP contribution in [0.4, 0.5) is 0 Å². The summed E-state index contributed by atoms with van der Waals surface area (Å²) in [6.45, 7) is 4.73. The average molecular weight is 462 g/mol.